The van der Waals surface area contributed by atoms with Crippen LogP contribution in [-0.4, -0.2) is 25.7 Å². The van der Waals surface area contributed by atoms with Crippen LogP contribution in [0.3, 0.4) is 0 Å². The lowest BCUT2D eigenvalue weighted by molar-refractivity contribution is 0.402. The first-order valence-corrected chi connectivity index (χ1v) is 7.09. The number of hydrogen-bond acceptors (Lipinski definition) is 7. The Morgan fingerprint density at radius 2 is 2.05 bits per heavy atom. The van der Waals surface area contributed by atoms with Gasteiger partial charge in [-0.05, 0) is 31.5 Å². The smallest absolute Gasteiger partial charge is 0.335 e. The summed E-state index contributed by atoms with van der Waals surface area (Å²) in [6.07, 6.45) is 0. The van der Waals surface area contributed by atoms with E-state index in [1.54, 1.807) is 19.9 Å². The zero-order valence-corrected chi connectivity index (χ0v) is 12.0. The van der Waals surface area contributed by atoms with Crippen molar-refractivity contribution in [2.24, 2.45) is 0 Å². The second-order valence-corrected chi connectivity index (χ2v) is 5.76. The van der Waals surface area contributed by atoms with Crippen molar-refractivity contribution in [2.75, 3.05) is 17.6 Å². The Bertz CT molecular complexity index is 739. The van der Waals surface area contributed by atoms with E-state index in [1.165, 1.54) is 13.2 Å². The van der Waals surface area contributed by atoms with Gasteiger partial charge in [0.1, 0.15) is 10.6 Å². The Labute approximate surface area is 116 Å². The maximum absolute atomic E-state index is 12.3. The Hall–Kier alpha value is -2.29. The molecule has 0 aliphatic rings. The highest BCUT2D eigenvalue weighted by Crippen LogP contribution is 2.29. The predicted molar refractivity (Wildman–Crippen MR) is 72.0 cm³/mol. The molecule has 0 aliphatic heterocycles. The van der Waals surface area contributed by atoms with Gasteiger partial charge in [0, 0.05) is 5.69 Å². The Morgan fingerprint density at radius 1 is 1.35 bits per heavy atom. The second-order valence-electron chi connectivity index (χ2n) is 4.11. The molecule has 0 unspecified atom stereocenters. The summed E-state index contributed by atoms with van der Waals surface area (Å²) in [4.78, 5) is 3.68. The van der Waals surface area contributed by atoms with Crippen LogP contribution in [0.2, 0.25) is 0 Å². The number of nitrogens with zero attached hydrogens (tertiary/aromatic N) is 2. The summed E-state index contributed by atoms with van der Waals surface area (Å²) >= 11 is 0. The van der Waals surface area contributed by atoms with Crippen molar-refractivity contribution in [3.05, 3.63) is 23.5 Å². The number of methoxy groups -OCH3 is 1. The van der Waals surface area contributed by atoms with Crippen LogP contribution < -0.4 is 15.2 Å². The molecule has 0 fully saturated rings. The van der Waals surface area contributed by atoms with Gasteiger partial charge in [-0.2, -0.15) is 4.98 Å². The molecule has 8 nitrogen and oxygen atoms in total. The van der Waals surface area contributed by atoms with Gasteiger partial charge in [-0.25, -0.2) is 13.1 Å². The fraction of sp³-hybridized carbons (Fsp3) is 0.273. The number of aryl methyl sites for hydroxylation is 2. The summed E-state index contributed by atoms with van der Waals surface area (Å²) in [5.41, 5.74) is 6.80. The van der Waals surface area contributed by atoms with Crippen LogP contribution in [-0.2, 0) is 10.0 Å². The van der Waals surface area contributed by atoms with E-state index >= 15 is 0 Å². The van der Waals surface area contributed by atoms with Crippen LogP contribution in [0, 0.1) is 13.8 Å². The van der Waals surface area contributed by atoms with Crippen molar-refractivity contribution in [3.8, 4) is 5.75 Å². The minimum absolute atomic E-state index is 0.0982. The minimum Gasteiger partial charge on any atom is -0.495 e. The monoisotopic (exact) mass is 298 g/mol. The standard InChI is InChI=1S/C11H14N4O4S/c1-6-4-9(18-3)10(5-8(6)12)20(16,17)15-11-13-7(2)14-19-11/h4-5H,12H2,1-3H3,(H,13,14,15). The van der Waals surface area contributed by atoms with Gasteiger partial charge in [0.2, 0.25) is 0 Å². The van der Waals surface area contributed by atoms with Crippen LogP contribution in [0.1, 0.15) is 11.4 Å². The van der Waals surface area contributed by atoms with E-state index in [4.69, 9.17) is 15.0 Å². The molecule has 108 valence electrons. The zero-order valence-electron chi connectivity index (χ0n) is 11.2. The van der Waals surface area contributed by atoms with Crippen molar-refractivity contribution in [1.29, 1.82) is 0 Å². The number of anilines is 2. The number of nitrogens with one attached hydrogen (secondary N) is 1. The summed E-state index contributed by atoms with van der Waals surface area (Å²) in [6.45, 7) is 3.33. The molecule has 0 atom stereocenters. The van der Waals surface area contributed by atoms with Crippen molar-refractivity contribution in [3.63, 3.8) is 0 Å². The van der Waals surface area contributed by atoms with Gasteiger partial charge < -0.3 is 15.0 Å². The van der Waals surface area contributed by atoms with Gasteiger partial charge >= 0.3 is 6.01 Å². The first-order valence-electron chi connectivity index (χ1n) is 5.60. The SMILES string of the molecule is COc1cc(C)c(N)cc1S(=O)(=O)Nc1nc(C)no1. The number of benzene rings is 1. The van der Waals surface area contributed by atoms with Gasteiger partial charge in [-0.3, -0.25) is 0 Å². The van der Waals surface area contributed by atoms with E-state index in [2.05, 4.69) is 14.9 Å². The van der Waals surface area contributed by atoms with Crippen LogP contribution in [0.25, 0.3) is 0 Å². The number of sulfonamides is 1. The van der Waals surface area contributed by atoms with E-state index in [-0.39, 0.29) is 16.7 Å². The highest BCUT2D eigenvalue weighted by molar-refractivity contribution is 7.92. The summed E-state index contributed by atoms with van der Waals surface area (Å²) in [5, 5.41) is 3.50. The van der Waals surface area contributed by atoms with Crippen LogP contribution in [0.4, 0.5) is 11.7 Å². The normalized spacial score (nSPS) is 11.3. The number of aromatic nitrogens is 2. The van der Waals surface area contributed by atoms with Crippen molar-refractivity contribution >= 4 is 21.7 Å². The highest BCUT2D eigenvalue weighted by Gasteiger charge is 2.23. The molecule has 1 aromatic carbocycles. The van der Waals surface area contributed by atoms with Gasteiger partial charge in [0.15, 0.2) is 5.82 Å². The molecular weight excluding hydrogens is 284 g/mol. The molecule has 2 aromatic rings. The number of ether oxygens (including phenoxy) is 1. The molecule has 1 heterocycles. The van der Waals surface area contributed by atoms with Crippen molar-refractivity contribution in [1.82, 2.24) is 10.1 Å². The Morgan fingerprint density at radius 3 is 2.60 bits per heavy atom. The zero-order chi connectivity index (χ0) is 14.9. The molecule has 3 N–H and O–H groups in total. The third-order valence-corrected chi connectivity index (χ3v) is 3.93. The molecule has 2 rings (SSSR count). The molecule has 0 aliphatic carbocycles. The highest BCUT2D eigenvalue weighted by atomic mass is 32.2. The lowest BCUT2D eigenvalue weighted by Gasteiger charge is -2.11. The lowest BCUT2D eigenvalue weighted by atomic mass is 10.2. The fourth-order valence-electron chi connectivity index (χ4n) is 1.56. The van der Waals surface area contributed by atoms with Gasteiger partial charge in [0.05, 0.1) is 7.11 Å². The average Bonchev–Trinajstić information content (AvgIpc) is 2.76. The van der Waals surface area contributed by atoms with E-state index < -0.39 is 10.0 Å². The molecule has 0 amide bonds. The molecule has 1 aromatic heterocycles. The molecular formula is C11H14N4O4S. The van der Waals surface area contributed by atoms with Crippen LogP contribution in [0.5, 0.6) is 5.75 Å². The first kappa shape index (κ1) is 14.1. The van der Waals surface area contributed by atoms with E-state index in [0.717, 1.165) is 5.56 Å². The number of nitrogen functional groups attached to an aromatic ring is 1. The maximum Gasteiger partial charge on any atom is 0.335 e. The molecule has 9 heteroatoms. The molecule has 0 bridgehead atoms. The van der Waals surface area contributed by atoms with Crippen molar-refractivity contribution < 1.29 is 17.7 Å². The van der Waals surface area contributed by atoms with E-state index in [0.29, 0.717) is 11.5 Å². The van der Waals surface area contributed by atoms with Gasteiger partial charge in [-0.1, -0.05) is 5.16 Å². The number of rotatable bonds is 4. The summed E-state index contributed by atoms with van der Waals surface area (Å²) in [6, 6.07) is 2.64. The quantitative estimate of drug-likeness (QED) is 0.810. The fourth-order valence-corrected chi connectivity index (χ4v) is 2.67. The molecule has 0 saturated heterocycles. The van der Waals surface area contributed by atoms with Crippen LogP contribution >= 0.6 is 0 Å². The average molecular weight is 298 g/mol. The van der Waals surface area contributed by atoms with Crippen LogP contribution in [0.15, 0.2) is 21.6 Å². The summed E-state index contributed by atoms with van der Waals surface area (Å²) in [7, 11) is -2.56. The third kappa shape index (κ3) is 2.67. The Balaban J connectivity index is 2.46. The van der Waals surface area contributed by atoms with Gasteiger partial charge in [0.25, 0.3) is 10.0 Å². The topological polar surface area (TPSA) is 120 Å². The first-order chi connectivity index (χ1) is 9.33. The Kier molecular flexibility index (Phi) is 3.53. The molecule has 0 radical (unpaired) electrons. The lowest BCUT2D eigenvalue weighted by Crippen LogP contribution is -2.15. The summed E-state index contributed by atoms with van der Waals surface area (Å²) in [5.74, 6) is 0.499. The second kappa shape index (κ2) is 5.00. The van der Waals surface area contributed by atoms with E-state index in [1.807, 2.05) is 0 Å². The van der Waals surface area contributed by atoms with Crippen molar-refractivity contribution in [2.45, 2.75) is 18.7 Å². The molecule has 0 saturated carbocycles. The molecule has 0 spiro atoms. The number of hydrogen-bond donors (Lipinski definition) is 2. The van der Waals surface area contributed by atoms with E-state index in [9.17, 15) is 8.42 Å². The molecule has 20 heavy (non-hydrogen) atoms. The largest absolute Gasteiger partial charge is 0.495 e. The summed E-state index contributed by atoms with van der Waals surface area (Å²) < 4.78 is 36.5. The van der Waals surface area contributed by atoms with Gasteiger partial charge in [-0.15, -0.1) is 0 Å². The minimum atomic E-state index is -3.93. The third-order valence-electron chi connectivity index (χ3n) is 2.59. The predicted octanol–water partition coefficient (Wildman–Crippen LogP) is 1.08. The number of nitrogens with two attached hydrogens (primary N) is 1. The maximum atomic E-state index is 12.3.